The van der Waals surface area contributed by atoms with Crippen LogP contribution in [0.1, 0.15) is 34.0 Å². The molecule has 1 N–H and O–H groups in total. The summed E-state index contributed by atoms with van der Waals surface area (Å²) in [7, 11) is 0. The van der Waals surface area contributed by atoms with E-state index in [0.717, 1.165) is 23.4 Å². The van der Waals surface area contributed by atoms with Crippen molar-refractivity contribution in [1.82, 2.24) is 5.32 Å². The van der Waals surface area contributed by atoms with Crippen molar-refractivity contribution in [3.8, 4) is 0 Å². The number of nitrogens with zero attached hydrogens (tertiary/aromatic N) is 1. The van der Waals surface area contributed by atoms with E-state index in [0.29, 0.717) is 17.7 Å². The van der Waals surface area contributed by atoms with Gasteiger partial charge in [0.05, 0.1) is 12.0 Å². The van der Waals surface area contributed by atoms with Crippen LogP contribution in [0.5, 0.6) is 0 Å². The quantitative estimate of drug-likeness (QED) is 0.904. The Morgan fingerprint density at radius 1 is 1.15 bits per heavy atom. The summed E-state index contributed by atoms with van der Waals surface area (Å²) in [5, 5.41) is 2.68. The number of amides is 2. The van der Waals surface area contributed by atoms with E-state index in [1.165, 1.54) is 12.1 Å². The second kappa shape index (κ2) is 6.82. The van der Waals surface area contributed by atoms with E-state index < -0.39 is 11.7 Å². The third-order valence-corrected chi connectivity index (χ3v) is 4.33. The van der Waals surface area contributed by atoms with Gasteiger partial charge in [-0.2, -0.15) is 13.2 Å². The molecule has 26 heavy (non-hydrogen) atoms. The minimum absolute atomic E-state index is 0.00446. The first kappa shape index (κ1) is 18.0. The predicted octanol–water partition coefficient (Wildman–Crippen LogP) is 3.54. The smallest absolute Gasteiger partial charge is 0.348 e. The number of nitrogens with one attached hydrogen (secondary N) is 1. The van der Waals surface area contributed by atoms with Crippen LogP contribution in [0.3, 0.4) is 0 Å². The molecular weight excluding hydrogens is 345 g/mol. The average Bonchev–Trinajstić information content (AvgIpc) is 2.93. The van der Waals surface area contributed by atoms with Crippen molar-refractivity contribution in [3.05, 3.63) is 64.7 Å². The van der Waals surface area contributed by atoms with Crippen molar-refractivity contribution in [2.45, 2.75) is 26.1 Å². The molecule has 0 aromatic heterocycles. The Labute approximate surface area is 148 Å². The molecule has 1 aliphatic heterocycles. The van der Waals surface area contributed by atoms with Gasteiger partial charge in [-0.3, -0.25) is 9.59 Å². The fourth-order valence-corrected chi connectivity index (χ4v) is 2.97. The lowest BCUT2D eigenvalue weighted by Gasteiger charge is -2.14. The molecule has 1 heterocycles. The molecule has 3 rings (SSSR count). The zero-order valence-electron chi connectivity index (χ0n) is 14.1. The second-order valence-corrected chi connectivity index (χ2v) is 6.04. The Morgan fingerprint density at radius 2 is 1.85 bits per heavy atom. The molecule has 7 heteroatoms. The number of benzene rings is 2. The second-order valence-electron chi connectivity index (χ2n) is 6.04. The van der Waals surface area contributed by atoms with E-state index in [1.54, 1.807) is 23.1 Å². The lowest BCUT2D eigenvalue weighted by molar-refractivity contribution is -0.137. The standard InChI is InChI=1S/C19H17F3N2O2/c1-2-24-16-8-5-13(9-14(16)10-17(24)25)18(26)23-11-12-3-6-15(7-4-12)19(20,21)22/h3-9H,2,10-11H2,1H3,(H,23,26). The van der Waals surface area contributed by atoms with Gasteiger partial charge in [-0.1, -0.05) is 12.1 Å². The molecule has 0 saturated carbocycles. The van der Waals surface area contributed by atoms with E-state index in [1.807, 2.05) is 6.92 Å². The molecule has 1 aliphatic rings. The van der Waals surface area contributed by atoms with Gasteiger partial charge in [-0.15, -0.1) is 0 Å². The van der Waals surface area contributed by atoms with Crippen molar-refractivity contribution in [3.63, 3.8) is 0 Å². The fraction of sp³-hybridized carbons (Fsp3) is 0.263. The normalized spacial score (nSPS) is 13.7. The van der Waals surface area contributed by atoms with E-state index >= 15 is 0 Å². The maximum absolute atomic E-state index is 12.5. The maximum Gasteiger partial charge on any atom is 0.416 e. The number of alkyl halides is 3. The Bertz CT molecular complexity index is 845. The predicted molar refractivity (Wildman–Crippen MR) is 90.8 cm³/mol. The van der Waals surface area contributed by atoms with Gasteiger partial charge in [0.15, 0.2) is 0 Å². The molecule has 0 fully saturated rings. The minimum Gasteiger partial charge on any atom is -0.348 e. The number of hydrogen-bond donors (Lipinski definition) is 1. The fourth-order valence-electron chi connectivity index (χ4n) is 2.97. The number of carbonyl (C=O) groups is 2. The minimum atomic E-state index is -4.38. The maximum atomic E-state index is 12.5. The summed E-state index contributed by atoms with van der Waals surface area (Å²) in [5.74, 6) is -0.333. The summed E-state index contributed by atoms with van der Waals surface area (Å²) in [6, 6.07) is 9.72. The van der Waals surface area contributed by atoms with Crippen LogP contribution in [0.25, 0.3) is 0 Å². The molecule has 0 unspecified atom stereocenters. The number of anilines is 1. The van der Waals surface area contributed by atoms with Crippen LogP contribution >= 0.6 is 0 Å². The number of rotatable bonds is 4. The average molecular weight is 362 g/mol. The Hall–Kier alpha value is -2.83. The number of hydrogen-bond acceptors (Lipinski definition) is 2. The largest absolute Gasteiger partial charge is 0.416 e. The van der Waals surface area contributed by atoms with Crippen LogP contribution < -0.4 is 10.2 Å². The number of halogens is 3. The Morgan fingerprint density at radius 3 is 2.46 bits per heavy atom. The third-order valence-electron chi connectivity index (χ3n) is 4.33. The summed E-state index contributed by atoms with van der Waals surface area (Å²) in [6.07, 6.45) is -4.11. The van der Waals surface area contributed by atoms with E-state index in [9.17, 15) is 22.8 Å². The van der Waals surface area contributed by atoms with Gasteiger partial charge in [0, 0.05) is 24.3 Å². The van der Waals surface area contributed by atoms with E-state index in [2.05, 4.69) is 5.32 Å². The van der Waals surface area contributed by atoms with Gasteiger partial charge in [0.2, 0.25) is 5.91 Å². The lowest BCUT2D eigenvalue weighted by atomic mass is 10.1. The SMILES string of the molecule is CCN1C(=O)Cc2cc(C(=O)NCc3ccc(C(F)(F)F)cc3)ccc21. The molecule has 136 valence electrons. The molecule has 2 aromatic carbocycles. The van der Waals surface area contributed by atoms with Crippen molar-refractivity contribution in [2.24, 2.45) is 0 Å². The molecular formula is C19H17F3N2O2. The molecule has 0 aliphatic carbocycles. The summed E-state index contributed by atoms with van der Waals surface area (Å²) in [4.78, 5) is 25.9. The van der Waals surface area contributed by atoms with E-state index in [4.69, 9.17) is 0 Å². The van der Waals surface area contributed by atoms with Crippen LogP contribution in [-0.4, -0.2) is 18.4 Å². The summed E-state index contributed by atoms with van der Waals surface area (Å²) < 4.78 is 37.6. The van der Waals surface area contributed by atoms with Gasteiger partial charge in [0.1, 0.15) is 0 Å². The highest BCUT2D eigenvalue weighted by atomic mass is 19.4. The number of carbonyl (C=O) groups excluding carboxylic acids is 2. The molecule has 0 saturated heterocycles. The van der Waals surface area contributed by atoms with Gasteiger partial charge in [-0.05, 0) is 48.4 Å². The molecule has 2 aromatic rings. The topological polar surface area (TPSA) is 49.4 Å². The Kier molecular flexibility index (Phi) is 4.71. The molecule has 0 bridgehead atoms. The first-order chi connectivity index (χ1) is 12.3. The van der Waals surface area contributed by atoms with Gasteiger partial charge < -0.3 is 10.2 Å². The van der Waals surface area contributed by atoms with Crippen LogP contribution in [0, 0.1) is 0 Å². The molecule has 4 nitrogen and oxygen atoms in total. The van der Waals surface area contributed by atoms with Crippen molar-refractivity contribution < 1.29 is 22.8 Å². The number of likely N-dealkylation sites (N-methyl/N-ethyl adjacent to an activating group) is 1. The summed E-state index contributed by atoms with van der Waals surface area (Å²) >= 11 is 0. The first-order valence-corrected chi connectivity index (χ1v) is 8.17. The third kappa shape index (κ3) is 3.56. The van der Waals surface area contributed by atoms with Gasteiger partial charge in [-0.25, -0.2) is 0 Å². The highest BCUT2D eigenvalue weighted by Gasteiger charge is 2.30. The van der Waals surface area contributed by atoms with Crippen molar-refractivity contribution in [2.75, 3.05) is 11.4 Å². The zero-order valence-corrected chi connectivity index (χ0v) is 14.1. The number of fused-ring (bicyclic) bond motifs is 1. The summed E-state index contributed by atoms with van der Waals surface area (Å²) in [6.45, 7) is 2.58. The van der Waals surface area contributed by atoms with Crippen LogP contribution in [0.4, 0.5) is 18.9 Å². The first-order valence-electron chi connectivity index (χ1n) is 8.17. The van der Waals surface area contributed by atoms with E-state index in [-0.39, 0.29) is 24.8 Å². The molecule has 0 radical (unpaired) electrons. The van der Waals surface area contributed by atoms with Crippen LogP contribution in [-0.2, 0) is 23.9 Å². The highest BCUT2D eigenvalue weighted by Crippen LogP contribution is 2.30. The zero-order chi connectivity index (χ0) is 18.9. The molecule has 0 spiro atoms. The monoisotopic (exact) mass is 362 g/mol. The Balaban J connectivity index is 1.66. The lowest BCUT2D eigenvalue weighted by Crippen LogP contribution is -2.26. The van der Waals surface area contributed by atoms with Gasteiger partial charge >= 0.3 is 6.18 Å². The highest BCUT2D eigenvalue weighted by molar-refractivity contribution is 6.03. The van der Waals surface area contributed by atoms with Crippen molar-refractivity contribution in [1.29, 1.82) is 0 Å². The van der Waals surface area contributed by atoms with Crippen molar-refractivity contribution >= 4 is 17.5 Å². The van der Waals surface area contributed by atoms with Crippen LogP contribution in [0.2, 0.25) is 0 Å². The van der Waals surface area contributed by atoms with Crippen LogP contribution in [0.15, 0.2) is 42.5 Å². The summed E-state index contributed by atoms with van der Waals surface area (Å²) in [5.41, 5.74) is 1.88. The molecule has 0 atom stereocenters. The molecule has 2 amide bonds. The van der Waals surface area contributed by atoms with Gasteiger partial charge in [0.25, 0.3) is 5.91 Å².